The highest BCUT2D eigenvalue weighted by Crippen LogP contribution is 2.10. The van der Waals surface area contributed by atoms with Crippen LogP contribution in [0.2, 0.25) is 0 Å². The van der Waals surface area contributed by atoms with Crippen LogP contribution in [-0.2, 0) is 11.2 Å². The van der Waals surface area contributed by atoms with Crippen LogP contribution in [0.3, 0.4) is 0 Å². The van der Waals surface area contributed by atoms with Crippen molar-refractivity contribution in [2.45, 2.75) is 26.7 Å². The number of thiol groups is 1. The first kappa shape index (κ1) is 13.1. The Bertz CT molecular complexity index is 363. The van der Waals surface area contributed by atoms with E-state index < -0.39 is 0 Å². The molecule has 0 unspecified atom stereocenters. The molecular formula is C13H19NOS. The second kappa shape index (κ2) is 6.59. The summed E-state index contributed by atoms with van der Waals surface area (Å²) in [6.45, 7) is 4.89. The molecular weight excluding hydrogens is 218 g/mol. The smallest absolute Gasteiger partial charge is 0.220 e. The summed E-state index contributed by atoms with van der Waals surface area (Å²) in [4.78, 5) is 11.2. The summed E-state index contributed by atoms with van der Waals surface area (Å²) >= 11 is 4.02. The highest BCUT2D eigenvalue weighted by atomic mass is 32.1. The zero-order chi connectivity index (χ0) is 12.0. The topological polar surface area (TPSA) is 29.1 Å². The Morgan fingerprint density at radius 2 is 2.12 bits per heavy atom. The van der Waals surface area contributed by atoms with E-state index in [9.17, 15) is 4.79 Å². The fourth-order valence-corrected chi connectivity index (χ4v) is 1.80. The molecule has 0 radical (unpaired) electrons. The molecule has 2 nitrogen and oxygen atoms in total. The van der Waals surface area contributed by atoms with Crippen LogP contribution in [-0.4, -0.2) is 18.2 Å². The maximum atomic E-state index is 11.2. The van der Waals surface area contributed by atoms with E-state index in [-0.39, 0.29) is 5.91 Å². The van der Waals surface area contributed by atoms with Crippen LogP contribution in [0.15, 0.2) is 18.2 Å². The highest BCUT2D eigenvalue weighted by molar-refractivity contribution is 7.80. The maximum absolute atomic E-state index is 11.2. The van der Waals surface area contributed by atoms with Gasteiger partial charge in [0.25, 0.3) is 0 Å². The summed E-state index contributed by atoms with van der Waals surface area (Å²) in [5, 5.41) is 2.89. The third-order valence-corrected chi connectivity index (χ3v) is 2.78. The van der Waals surface area contributed by atoms with Crippen LogP contribution in [0.1, 0.15) is 23.1 Å². The molecule has 0 aromatic heterocycles. The third kappa shape index (κ3) is 4.27. The van der Waals surface area contributed by atoms with E-state index in [0.29, 0.717) is 18.7 Å². The number of amides is 1. The van der Waals surface area contributed by atoms with E-state index in [4.69, 9.17) is 0 Å². The predicted octanol–water partition coefficient (Wildman–Crippen LogP) is 2.28. The molecule has 0 atom stereocenters. The quantitative estimate of drug-likeness (QED) is 0.756. The van der Waals surface area contributed by atoms with Gasteiger partial charge in [0, 0.05) is 13.0 Å². The van der Waals surface area contributed by atoms with Gasteiger partial charge < -0.3 is 5.32 Å². The summed E-state index contributed by atoms with van der Waals surface area (Å²) in [5.41, 5.74) is 3.86. The molecule has 0 aliphatic heterocycles. The van der Waals surface area contributed by atoms with Crippen LogP contribution in [0.25, 0.3) is 0 Å². The number of hydrogen-bond acceptors (Lipinski definition) is 2. The van der Waals surface area contributed by atoms with Gasteiger partial charge in [-0.1, -0.05) is 23.8 Å². The minimum atomic E-state index is 0.0836. The van der Waals surface area contributed by atoms with Crippen molar-refractivity contribution >= 4 is 18.5 Å². The highest BCUT2D eigenvalue weighted by Gasteiger charge is 2.01. The van der Waals surface area contributed by atoms with Gasteiger partial charge in [-0.2, -0.15) is 12.6 Å². The number of carbonyl (C=O) groups is 1. The van der Waals surface area contributed by atoms with E-state index in [2.05, 4.69) is 50.0 Å². The number of carbonyl (C=O) groups excluding carboxylic acids is 1. The number of aryl methyl sites for hydroxylation is 2. The molecule has 0 bridgehead atoms. The van der Waals surface area contributed by atoms with Crippen LogP contribution in [0, 0.1) is 13.8 Å². The van der Waals surface area contributed by atoms with Crippen molar-refractivity contribution < 1.29 is 4.79 Å². The third-order valence-electron chi connectivity index (χ3n) is 2.56. The first-order chi connectivity index (χ1) is 7.63. The lowest BCUT2D eigenvalue weighted by Gasteiger charge is -2.08. The van der Waals surface area contributed by atoms with Gasteiger partial charge in [-0.3, -0.25) is 4.79 Å². The van der Waals surface area contributed by atoms with Gasteiger partial charge in [-0.05, 0) is 37.1 Å². The Hall–Kier alpha value is -0.960. The van der Waals surface area contributed by atoms with Crippen molar-refractivity contribution in [3.63, 3.8) is 0 Å². The van der Waals surface area contributed by atoms with Crippen molar-refractivity contribution in [3.8, 4) is 0 Å². The second-order valence-corrected chi connectivity index (χ2v) is 4.45. The van der Waals surface area contributed by atoms with Crippen LogP contribution in [0.4, 0.5) is 0 Å². The zero-order valence-electron chi connectivity index (χ0n) is 9.92. The van der Waals surface area contributed by atoms with Gasteiger partial charge in [0.05, 0.1) is 0 Å². The Kier molecular flexibility index (Phi) is 5.39. The van der Waals surface area contributed by atoms with Crippen molar-refractivity contribution in [1.29, 1.82) is 0 Å². The molecule has 16 heavy (non-hydrogen) atoms. The van der Waals surface area contributed by atoms with Crippen LogP contribution >= 0.6 is 12.6 Å². The Balaban J connectivity index is 2.42. The second-order valence-electron chi connectivity index (χ2n) is 4.00. The Labute approximate surface area is 103 Å². The maximum Gasteiger partial charge on any atom is 0.220 e. The first-order valence-corrected chi connectivity index (χ1v) is 6.20. The lowest BCUT2D eigenvalue weighted by molar-refractivity contribution is -0.120. The number of benzene rings is 1. The normalized spacial score (nSPS) is 10.2. The summed E-state index contributed by atoms with van der Waals surface area (Å²) < 4.78 is 0. The fourth-order valence-electron chi connectivity index (χ4n) is 1.60. The molecule has 0 aliphatic rings. The van der Waals surface area contributed by atoms with E-state index >= 15 is 0 Å². The molecule has 0 fully saturated rings. The lowest BCUT2D eigenvalue weighted by atomic mass is 10.0. The SMILES string of the molecule is Cc1ccc(C)c(CCNC(=O)CCS)c1. The standard InChI is InChI=1S/C13H19NOS/c1-10-3-4-11(2)12(9-10)5-7-14-13(15)6-8-16/h3-4,9,16H,5-8H2,1-2H3,(H,14,15). The largest absolute Gasteiger partial charge is 0.356 e. The predicted molar refractivity (Wildman–Crippen MR) is 71.1 cm³/mol. The lowest BCUT2D eigenvalue weighted by Crippen LogP contribution is -2.25. The molecule has 1 aromatic rings. The van der Waals surface area contributed by atoms with E-state index in [1.54, 1.807) is 0 Å². The molecule has 0 heterocycles. The summed E-state index contributed by atoms with van der Waals surface area (Å²) in [7, 11) is 0. The van der Waals surface area contributed by atoms with Gasteiger partial charge in [0.15, 0.2) is 0 Å². The summed E-state index contributed by atoms with van der Waals surface area (Å²) in [5.74, 6) is 0.690. The monoisotopic (exact) mass is 237 g/mol. The molecule has 3 heteroatoms. The molecule has 0 saturated carbocycles. The Morgan fingerprint density at radius 3 is 2.81 bits per heavy atom. The fraction of sp³-hybridized carbons (Fsp3) is 0.462. The van der Waals surface area contributed by atoms with Crippen molar-refractivity contribution in [2.24, 2.45) is 0 Å². The molecule has 0 saturated heterocycles. The average molecular weight is 237 g/mol. The minimum absolute atomic E-state index is 0.0836. The van der Waals surface area contributed by atoms with Gasteiger partial charge in [0.2, 0.25) is 5.91 Å². The molecule has 1 N–H and O–H groups in total. The van der Waals surface area contributed by atoms with E-state index in [1.165, 1.54) is 16.7 Å². The van der Waals surface area contributed by atoms with Crippen molar-refractivity contribution in [2.75, 3.05) is 12.3 Å². The summed E-state index contributed by atoms with van der Waals surface area (Å²) in [6, 6.07) is 6.42. The van der Waals surface area contributed by atoms with Crippen molar-refractivity contribution in [1.82, 2.24) is 5.32 Å². The summed E-state index contributed by atoms with van der Waals surface area (Å²) in [6.07, 6.45) is 1.39. The zero-order valence-corrected chi connectivity index (χ0v) is 10.8. The van der Waals surface area contributed by atoms with Gasteiger partial charge >= 0.3 is 0 Å². The van der Waals surface area contributed by atoms with Crippen LogP contribution < -0.4 is 5.32 Å². The number of nitrogens with one attached hydrogen (secondary N) is 1. The first-order valence-electron chi connectivity index (χ1n) is 5.57. The molecule has 1 rings (SSSR count). The molecule has 1 amide bonds. The number of rotatable bonds is 5. The van der Waals surface area contributed by atoms with Gasteiger partial charge in [0.1, 0.15) is 0 Å². The Morgan fingerprint density at radius 1 is 1.38 bits per heavy atom. The van der Waals surface area contributed by atoms with Gasteiger partial charge in [-0.15, -0.1) is 0 Å². The minimum Gasteiger partial charge on any atom is -0.356 e. The van der Waals surface area contributed by atoms with Crippen LogP contribution in [0.5, 0.6) is 0 Å². The van der Waals surface area contributed by atoms with E-state index in [1.807, 2.05) is 0 Å². The average Bonchev–Trinajstić information content (AvgIpc) is 2.23. The molecule has 0 spiro atoms. The van der Waals surface area contributed by atoms with E-state index in [0.717, 1.165) is 6.42 Å². The molecule has 88 valence electrons. The molecule has 1 aromatic carbocycles. The van der Waals surface area contributed by atoms with Gasteiger partial charge in [-0.25, -0.2) is 0 Å². The number of hydrogen-bond donors (Lipinski definition) is 2. The molecule has 0 aliphatic carbocycles. The van der Waals surface area contributed by atoms with Crippen molar-refractivity contribution in [3.05, 3.63) is 34.9 Å².